The third-order valence-corrected chi connectivity index (χ3v) is 4.50. The van der Waals surface area contributed by atoms with Crippen LogP contribution in [0, 0.1) is 0 Å². The molecule has 0 saturated carbocycles. The first-order valence-corrected chi connectivity index (χ1v) is 7.68. The van der Waals surface area contributed by atoms with Gasteiger partial charge in [-0.3, -0.25) is 0 Å². The average molecular weight is 279 g/mol. The quantitative estimate of drug-likeness (QED) is 0.878. The Kier molecular flexibility index (Phi) is 4.19. The van der Waals surface area contributed by atoms with Crippen LogP contribution in [0.25, 0.3) is 10.8 Å². The second-order valence-corrected chi connectivity index (χ2v) is 6.13. The van der Waals surface area contributed by atoms with Gasteiger partial charge in [-0.25, -0.2) is 13.1 Å². The molecule has 0 aliphatic rings. The third kappa shape index (κ3) is 3.12. The summed E-state index contributed by atoms with van der Waals surface area (Å²) in [6, 6.07) is 12.5. The van der Waals surface area contributed by atoms with E-state index in [-0.39, 0.29) is 11.4 Å². The molecule has 5 heteroatoms. The Morgan fingerprint density at radius 2 is 1.84 bits per heavy atom. The maximum Gasteiger partial charge on any atom is 0.241 e. The molecule has 2 aromatic rings. The van der Waals surface area contributed by atoms with E-state index >= 15 is 0 Å². The summed E-state index contributed by atoms with van der Waals surface area (Å²) in [5.74, 6) is 0. The fraction of sp³-hybridized carbons (Fsp3) is 0.286. The molecule has 1 unspecified atom stereocenters. The van der Waals surface area contributed by atoms with Gasteiger partial charge in [0.1, 0.15) is 0 Å². The molecule has 0 spiro atoms. The van der Waals surface area contributed by atoms with Gasteiger partial charge in [0, 0.05) is 11.9 Å². The number of benzene rings is 2. The lowest BCUT2D eigenvalue weighted by Crippen LogP contribution is -2.31. The maximum absolute atomic E-state index is 12.2. The average Bonchev–Trinajstić information content (AvgIpc) is 2.44. The van der Waals surface area contributed by atoms with Crippen LogP contribution in [0.3, 0.4) is 0 Å². The summed E-state index contributed by atoms with van der Waals surface area (Å²) in [5.41, 5.74) is 0. The van der Waals surface area contributed by atoms with Gasteiger partial charge in [-0.15, -0.1) is 0 Å². The first-order chi connectivity index (χ1) is 9.04. The van der Waals surface area contributed by atoms with Crippen LogP contribution in [0.4, 0.5) is 0 Å². The van der Waals surface area contributed by atoms with E-state index in [2.05, 4.69) is 4.72 Å². The van der Waals surface area contributed by atoms with Crippen molar-refractivity contribution in [1.82, 2.24) is 4.72 Å². The van der Waals surface area contributed by atoms with Crippen molar-refractivity contribution < 1.29 is 13.5 Å². The molecule has 0 saturated heterocycles. The van der Waals surface area contributed by atoms with Crippen molar-refractivity contribution >= 4 is 20.8 Å². The van der Waals surface area contributed by atoms with Crippen LogP contribution in [0.5, 0.6) is 0 Å². The van der Waals surface area contributed by atoms with Gasteiger partial charge in [0.25, 0.3) is 0 Å². The van der Waals surface area contributed by atoms with Crippen LogP contribution in [0.2, 0.25) is 0 Å². The number of aliphatic hydroxyl groups is 1. The molecular weight excluding hydrogens is 262 g/mol. The first-order valence-electron chi connectivity index (χ1n) is 6.20. The molecule has 2 rings (SSSR count). The molecule has 0 aromatic heterocycles. The Hall–Kier alpha value is -1.43. The van der Waals surface area contributed by atoms with Crippen molar-refractivity contribution in [2.24, 2.45) is 0 Å². The molecule has 0 fully saturated rings. The summed E-state index contributed by atoms with van der Waals surface area (Å²) in [7, 11) is -3.60. The highest BCUT2D eigenvalue weighted by molar-refractivity contribution is 7.89. The van der Waals surface area contributed by atoms with Crippen molar-refractivity contribution in [3.05, 3.63) is 42.5 Å². The molecule has 0 aliphatic carbocycles. The van der Waals surface area contributed by atoms with Crippen molar-refractivity contribution in [3.8, 4) is 0 Å². The molecule has 19 heavy (non-hydrogen) atoms. The van der Waals surface area contributed by atoms with Gasteiger partial charge < -0.3 is 5.11 Å². The molecule has 4 nitrogen and oxygen atoms in total. The highest BCUT2D eigenvalue weighted by Gasteiger charge is 2.17. The van der Waals surface area contributed by atoms with Gasteiger partial charge in [-0.2, -0.15) is 0 Å². The fourth-order valence-corrected chi connectivity index (χ4v) is 3.16. The maximum atomic E-state index is 12.2. The van der Waals surface area contributed by atoms with Crippen molar-refractivity contribution in [2.75, 3.05) is 6.54 Å². The van der Waals surface area contributed by atoms with Gasteiger partial charge >= 0.3 is 0 Å². The van der Waals surface area contributed by atoms with E-state index in [4.69, 9.17) is 0 Å². The monoisotopic (exact) mass is 279 g/mol. The summed E-state index contributed by atoms with van der Waals surface area (Å²) >= 11 is 0. The largest absolute Gasteiger partial charge is 0.392 e. The van der Waals surface area contributed by atoms with Gasteiger partial charge in [-0.1, -0.05) is 43.3 Å². The van der Waals surface area contributed by atoms with Crippen molar-refractivity contribution in [1.29, 1.82) is 0 Å². The summed E-state index contributed by atoms with van der Waals surface area (Å²) in [6.07, 6.45) is -0.150. The van der Waals surface area contributed by atoms with E-state index in [1.54, 1.807) is 25.1 Å². The van der Waals surface area contributed by atoms with E-state index in [1.807, 2.05) is 24.3 Å². The van der Waals surface area contributed by atoms with Crippen LogP contribution in [0.1, 0.15) is 13.3 Å². The van der Waals surface area contributed by atoms with Gasteiger partial charge in [0.2, 0.25) is 10.0 Å². The molecule has 0 radical (unpaired) electrons. The Morgan fingerprint density at radius 1 is 1.16 bits per heavy atom. The molecule has 0 heterocycles. The summed E-state index contributed by atoms with van der Waals surface area (Å²) in [6.45, 7) is 1.83. The third-order valence-electron chi connectivity index (χ3n) is 3.02. The Morgan fingerprint density at radius 3 is 2.58 bits per heavy atom. The van der Waals surface area contributed by atoms with Crippen LogP contribution in [-0.4, -0.2) is 26.2 Å². The molecule has 0 bridgehead atoms. The lowest BCUT2D eigenvalue weighted by molar-refractivity contribution is 0.174. The molecule has 0 aliphatic heterocycles. The van der Waals surface area contributed by atoms with Crippen LogP contribution < -0.4 is 4.72 Å². The predicted octanol–water partition coefficient (Wildman–Crippen LogP) is 1.89. The number of sulfonamides is 1. The normalized spacial score (nSPS) is 13.6. The highest BCUT2D eigenvalue weighted by atomic mass is 32.2. The molecule has 0 amide bonds. The van der Waals surface area contributed by atoms with E-state index in [1.165, 1.54) is 0 Å². The highest BCUT2D eigenvalue weighted by Crippen LogP contribution is 2.22. The van der Waals surface area contributed by atoms with Gasteiger partial charge in [-0.05, 0) is 17.9 Å². The van der Waals surface area contributed by atoms with E-state index in [0.29, 0.717) is 11.8 Å². The van der Waals surface area contributed by atoms with Crippen LogP contribution in [0.15, 0.2) is 47.4 Å². The number of hydrogen-bond donors (Lipinski definition) is 2. The molecule has 1 atom stereocenters. The number of hydrogen-bond acceptors (Lipinski definition) is 3. The smallest absolute Gasteiger partial charge is 0.241 e. The SMILES string of the molecule is CCC(O)CNS(=O)(=O)c1cccc2ccccc12. The Labute approximate surface area is 113 Å². The summed E-state index contributed by atoms with van der Waals surface area (Å²) in [5, 5.41) is 11.0. The lowest BCUT2D eigenvalue weighted by atomic mass is 10.1. The van der Waals surface area contributed by atoms with E-state index < -0.39 is 16.1 Å². The van der Waals surface area contributed by atoms with Gasteiger partial charge in [0.15, 0.2) is 0 Å². The zero-order valence-electron chi connectivity index (χ0n) is 10.7. The number of aliphatic hydroxyl groups excluding tert-OH is 1. The molecule has 2 N–H and O–H groups in total. The summed E-state index contributed by atoms with van der Waals surface area (Å²) < 4.78 is 26.9. The van der Waals surface area contributed by atoms with Gasteiger partial charge in [0.05, 0.1) is 11.0 Å². The topological polar surface area (TPSA) is 66.4 Å². The minimum absolute atomic E-state index is 0.0298. The fourth-order valence-electron chi connectivity index (χ4n) is 1.86. The van der Waals surface area contributed by atoms with Crippen molar-refractivity contribution in [3.63, 3.8) is 0 Å². The standard InChI is InChI=1S/C14H17NO3S/c1-2-12(16)10-15-19(17,18)14-9-5-7-11-6-3-4-8-13(11)14/h3-9,12,15-16H,2,10H2,1H3. The number of nitrogens with one attached hydrogen (secondary N) is 1. The molecular formula is C14H17NO3S. The Balaban J connectivity index is 2.38. The minimum atomic E-state index is -3.60. The zero-order valence-corrected chi connectivity index (χ0v) is 11.5. The first kappa shape index (κ1) is 14.0. The predicted molar refractivity (Wildman–Crippen MR) is 75.4 cm³/mol. The number of rotatable bonds is 5. The van der Waals surface area contributed by atoms with E-state index in [0.717, 1.165) is 5.39 Å². The Bertz CT molecular complexity index is 662. The zero-order chi connectivity index (χ0) is 13.9. The summed E-state index contributed by atoms with van der Waals surface area (Å²) in [4.78, 5) is 0.244. The second kappa shape index (κ2) is 5.69. The van der Waals surface area contributed by atoms with Crippen LogP contribution >= 0.6 is 0 Å². The van der Waals surface area contributed by atoms with Crippen LogP contribution in [-0.2, 0) is 10.0 Å². The molecule has 2 aromatic carbocycles. The molecule has 102 valence electrons. The van der Waals surface area contributed by atoms with Crippen molar-refractivity contribution in [2.45, 2.75) is 24.3 Å². The second-order valence-electron chi connectivity index (χ2n) is 4.39. The minimum Gasteiger partial charge on any atom is -0.392 e. The number of fused-ring (bicyclic) bond motifs is 1. The lowest BCUT2D eigenvalue weighted by Gasteiger charge is -2.12. The van der Waals surface area contributed by atoms with E-state index in [9.17, 15) is 13.5 Å².